The van der Waals surface area contributed by atoms with E-state index in [9.17, 15) is 14.4 Å². The predicted molar refractivity (Wildman–Crippen MR) is 240 cm³/mol. The van der Waals surface area contributed by atoms with Gasteiger partial charge in [0, 0.05) is 67.1 Å². The molecule has 62 heavy (non-hydrogen) atoms. The molecule has 6 heterocycles. The third kappa shape index (κ3) is 8.10. The van der Waals surface area contributed by atoms with Crippen LogP contribution in [0.15, 0.2) is 84.1 Å². The van der Waals surface area contributed by atoms with Crippen molar-refractivity contribution in [2.24, 2.45) is 28.7 Å². The number of likely N-dealkylation sites (tertiary alicyclic amines) is 1. The van der Waals surface area contributed by atoms with Gasteiger partial charge in [0.25, 0.3) is 0 Å². The molecule has 10 rings (SSSR count). The van der Waals surface area contributed by atoms with Gasteiger partial charge >= 0.3 is 0 Å². The molecule has 0 radical (unpaired) electrons. The van der Waals surface area contributed by atoms with E-state index in [-0.39, 0.29) is 35.5 Å². The Morgan fingerprint density at radius 2 is 1.58 bits per heavy atom. The number of ketones is 1. The topological polar surface area (TPSA) is 161 Å². The zero-order valence-corrected chi connectivity index (χ0v) is 35.4. The first-order valence-electron chi connectivity index (χ1n) is 22.6. The maximum Gasteiger partial charge on any atom is 0.229 e. The van der Waals surface area contributed by atoms with Gasteiger partial charge in [-0.3, -0.25) is 29.6 Å². The lowest BCUT2D eigenvalue weighted by Gasteiger charge is -2.53. The van der Waals surface area contributed by atoms with Gasteiger partial charge in [0.2, 0.25) is 11.8 Å². The molecule has 13 nitrogen and oxygen atoms in total. The first-order chi connectivity index (χ1) is 30.2. The highest BCUT2D eigenvalue weighted by atomic mass is 16.5. The fraction of sp³-hybridized carbons (Fsp3) is 0.449. The van der Waals surface area contributed by atoms with Gasteiger partial charge in [0.1, 0.15) is 29.3 Å². The lowest BCUT2D eigenvalue weighted by Crippen LogP contribution is -2.65. The third-order valence-corrected chi connectivity index (χ3v) is 14.3. The van der Waals surface area contributed by atoms with Crippen molar-refractivity contribution in [3.8, 4) is 22.8 Å². The molecular formula is C49H55N9O4. The smallest absolute Gasteiger partial charge is 0.229 e. The van der Waals surface area contributed by atoms with Crippen LogP contribution in [0.4, 0.5) is 17.2 Å². The predicted octanol–water partition coefficient (Wildman–Crippen LogP) is 8.33. The Bertz CT molecular complexity index is 2510. The molecule has 320 valence electrons. The van der Waals surface area contributed by atoms with Crippen LogP contribution in [0.5, 0.6) is 11.5 Å². The molecule has 0 spiro atoms. The number of aliphatic imine (C=N–C) groups is 1. The van der Waals surface area contributed by atoms with Crippen molar-refractivity contribution in [3.63, 3.8) is 0 Å². The highest BCUT2D eigenvalue weighted by Crippen LogP contribution is 2.41. The average Bonchev–Trinajstić information content (AvgIpc) is 3.48. The van der Waals surface area contributed by atoms with E-state index in [4.69, 9.17) is 25.5 Å². The average molecular weight is 834 g/mol. The second-order valence-corrected chi connectivity index (χ2v) is 18.3. The second kappa shape index (κ2) is 17.1. The van der Waals surface area contributed by atoms with Gasteiger partial charge < -0.3 is 15.4 Å². The van der Waals surface area contributed by atoms with Gasteiger partial charge in [-0.25, -0.2) is 14.6 Å². The molecule has 4 aliphatic heterocycles. The summed E-state index contributed by atoms with van der Waals surface area (Å²) in [6.45, 7) is 6.27. The summed E-state index contributed by atoms with van der Waals surface area (Å²) in [5, 5.41) is 8.43. The number of Topliss-reactive ketones (excluding diaryl/α,β-unsaturated/α-hetero) is 1. The monoisotopic (exact) mass is 833 g/mol. The molecule has 3 aromatic carbocycles. The molecule has 3 N–H and O–H groups in total. The van der Waals surface area contributed by atoms with Gasteiger partial charge in [-0.2, -0.15) is 5.10 Å². The summed E-state index contributed by atoms with van der Waals surface area (Å²) in [6.07, 6.45) is 12.0. The molecule has 4 fully saturated rings. The van der Waals surface area contributed by atoms with E-state index >= 15 is 0 Å². The third-order valence-electron chi connectivity index (χ3n) is 14.3. The quantitative estimate of drug-likeness (QED) is 0.0924. The van der Waals surface area contributed by atoms with Crippen LogP contribution in [0.25, 0.3) is 22.3 Å². The second-order valence-electron chi connectivity index (χ2n) is 18.3. The Morgan fingerprint density at radius 3 is 2.39 bits per heavy atom. The number of carbonyl (C=O) groups is 3. The number of piperidine rings is 1. The number of aromatic nitrogens is 4. The molecule has 5 aromatic rings. The molecule has 2 aromatic heterocycles. The molecule has 0 bridgehead atoms. The zero-order chi connectivity index (χ0) is 42.3. The number of nitrogens with one attached hydrogen (secondary N) is 1. The van der Waals surface area contributed by atoms with E-state index in [0.717, 1.165) is 88.6 Å². The number of anilines is 2. The van der Waals surface area contributed by atoms with Crippen molar-refractivity contribution in [2.45, 2.75) is 89.6 Å². The van der Waals surface area contributed by atoms with Crippen LogP contribution < -0.4 is 20.7 Å². The number of hydrogen-bond acceptors (Lipinski definition) is 11. The molecule has 4 unspecified atom stereocenters. The van der Waals surface area contributed by atoms with Crippen molar-refractivity contribution in [1.29, 1.82) is 0 Å². The summed E-state index contributed by atoms with van der Waals surface area (Å²) < 4.78 is 8.16. The Balaban J connectivity index is 0.687. The number of nitrogen functional groups attached to an aromatic ring is 1. The highest BCUT2D eigenvalue weighted by Gasteiger charge is 2.40. The summed E-state index contributed by atoms with van der Waals surface area (Å²) in [4.78, 5) is 56.3. The zero-order valence-electron chi connectivity index (χ0n) is 35.4. The van der Waals surface area contributed by atoms with Crippen molar-refractivity contribution in [2.75, 3.05) is 36.8 Å². The summed E-state index contributed by atoms with van der Waals surface area (Å²) in [7, 11) is 0. The van der Waals surface area contributed by atoms with E-state index < -0.39 is 0 Å². The number of rotatable bonds is 12. The lowest BCUT2D eigenvalue weighted by atomic mass is 9.82. The minimum absolute atomic E-state index is 0.0814. The lowest BCUT2D eigenvalue weighted by molar-refractivity contribution is -0.136. The Hall–Kier alpha value is -5.95. The van der Waals surface area contributed by atoms with Crippen molar-refractivity contribution in [3.05, 3.63) is 84.7 Å². The highest BCUT2D eigenvalue weighted by molar-refractivity contribution is 6.17. The minimum Gasteiger partial charge on any atom is -0.457 e. The number of benzene rings is 3. The van der Waals surface area contributed by atoms with Crippen molar-refractivity contribution in [1.82, 2.24) is 30.0 Å². The number of amides is 2. The maximum absolute atomic E-state index is 13.5. The summed E-state index contributed by atoms with van der Waals surface area (Å²) in [5.41, 5.74) is 12.4. The molecule has 4 atom stereocenters. The van der Waals surface area contributed by atoms with Gasteiger partial charge in [0.15, 0.2) is 11.4 Å². The number of nitrogens with zero attached hydrogens (tertiary/aromatic N) is 7. The van der Waals surface area contributed by atoms with Crippen molar-refractivity contribution < 1.29 is 19.1 Å². The van der Waals surface area contributed by atoms with Crippen LogP contribution in [-0.4, -0.2) is 80.2 Å². The van der Waals surface area contributed by atoms with Gasteiger partial charge in [-0.05, 0) is 118 Å². The number of hydrogen-bond donors (Lipinski definition) is 2. The maximum atomic E-state index is 13.5. The van der Waals surface area contributed by atoms with Crippen molar-refractivity contribution >= 4 is 51.5 Å². The standard InChI is InChI=1S/C49H55N9O4/c1-30-40(21-15-34-16-23-43(59)54-49(34)61)46(60)41-22-18-36(24-42(41)53-30)57-27-37(28-57)56-25-32(26-56)11-10-31-6-5-7-35(17-12-31)58-48-44(47(50)51-29-52-48)45(55-58)33-13-19-39(20-14-33)62-38-8-3-2-4-9-38/h2-4,8-9,13-14,18-20,22,24,29,31-32,34-35,37,40H,5-7,10-12,15-17,21,23,25-28H2,1H3,(H2,50,51,52)(H,54,59,61). The first kappa shape index (κ1) is 40.1. The molecule has 1 saturated carbocycles. The van der Waals surface area contributed by atoms with Crippen LogP contribution in [0.2, 0.25) is 0 Å². The molecule has 2 amide bonds. The number of para-hydroxylation sites is 1. The van der Waals surface area contributed by atoms with E-state index in [0.29, 0.717) is 43.1 Å². The minimum atomic E-state index is -0.324. The van der Waals surface area contributed by atoms with Gasteiger partial charge in [-0.15, -0.1) is 0 Å². The molecular weight excluding hydrogens is 779 g/mol. The molecule has 13 heteroatoms. The van der Waals surface area contributed by atoms with Crippen LogP contribution in [0.3, 0.4) is 0 Å². The summed E-state index contributed by atoms with van der Waals surface area (Å²) in [6, 6.07) is 24.7. The van der Waals surface area contributed by atoms with Gasteiger partial charge in [0.05, 0.1) is 23.0 Å². The Labute approximate surface area is 362 Å². The van der Waals surface area contributed by atoms with E-state index in [1.165, 1.54) is 45.2 Å². The van der Waals surface area contributed by atoms with E-state index in [1.807, 2.05) is 67.6 Å². The number of nitrogens with two attached hydrogens (primary N) is 1. The van der Waals surface area contributed by atoms with E-state index in [1.54, 1.807) is 6.33 Å². The number of carbonyl (C=O) groups excluding carboxylic acids is 3. The normalized spacial score (nSPS) is 23.6. The first-order valence-corrected chi connectivity index (χ1v) is 22.6. The Morgan fingerprint density at radius 1 is 0.790 bits per heavy atom. The fourth-order valence-electron chi connectivity index (χ4n) is 10.5. The summed E-state index contributed by atoms with van der Waals surface area (Å²) in [5.74, 6) is 2.60. The molecule has 5 aliphatic rings. The van der Waals surface area contributed by atoms with Gasteiger partial charge in [-0.1, -0.05) is 37.5 Å². The van der Waals surface area contributed by atoms with E-state index in [2.05, 4.69) is 36.9 Å². The number of ether oxygens (including phenoxy) is 1. The Kier molecular flexibility index (Phi) is 11.1. The largest absolute Gasteiger partial charge is 0.457 e. The SMILES string of the molecule is CC1=Nc2cc(N3CC(N4CC(CCC5CCCC(n6nc(-c7ccc(Oc8ccccc8)cc7)c7c(N)ncnc76)CC5)C4)C3)ccc2C(=O)C1CCC1CCC(=O)NC1=O. The summed E-state index contributed by atoms with van der Waals surface area (Å²) >= 11 is 0. The van der Waals surface area contributed by atoms with Crippen LogP contribution in [-0.2, 0) is 9.59 Å². The molecule has 3 saturated heterocycles. The number of fused-ring (bicyclic) bond motifs is 2. The van der Waals surface area contributed by atoms with Crippen LogP contribution in [0, 0.1) is 23.7 Å². The number of imide groups is 1. The molecule has 1 aliphatic carbocycles. The van der Waals surface area contributed by atoms with Crippen LogP contribution in [0.1, 0.15) is 94.0 Å². The van der Waals surface area contributed by atoms with Crippen LogP contribution >= 0.6 is 0 Å². The fourth-order valence-corrected chi connectivity index (χ4v) is 10.5.